The van der Waals surface area contributed by atoms with E-state index in [1.54, 1.807) is 31.2 Å². The maximum Gasteiger partial charge on any atom is 0.494 e. The normalized spacial score (nSPS) is 17.7. The Labute approximate surface area is 243 Å². The number of phosphoric ester groups is 1. The van der Waals surface area contributed by atoms with Crippen LogP contribution in [-0.4, -0.2) is 52.8 Å². The molecule has 1 atom stereocenters. The van der Waals surface area contributed by atoms with Crippen LogP contribution in [0.15, 0.2) is 48.7 Å². The zero-order valence-corrected chi connectivity index (χ0v) is 23.8. The molecule has 3 aromatic rings. The zero-order valence-electron chi connectivity index (χ0n) is 22.9. The number of phosphoric acid groups is 1. The topological polar surface area (TPSA) is 149 Å². The Kier molecular flexibility index (Phi) is 8.29. The molecule has 1 unspecified atom stereocenters. The van der Waals surface area contributed by atoms with E-state index in [9.17, 15) is 32.2 Å². The van der Waals surface area contributed by atoms with Crippen LogP contribution in [-0.2, 0) is 29.4 Å². The van der Waals surface area contributed by atoms with Gasteiger partial charge in [0.15, 0.2) is 5.69 Å². The van der Waals surface area contributed by atoms with Gasteiger partial charge in [-0.2, -0.15) is 28.0 Å². The van der Waals surface area contributed by atoms with Gasteiger partial charge in [0.05, 0.1) is 42.8 Å². The zero-order chi connectivity index (χ0) is 31.0. The maximum atomic E-state index is 13.4. The van der Waals surface area contributed by atoms with Crippen LogP contribution in [0.5, 0.6) is 5.75 Å². The first kappa shape index (κ1) is 30.6. The Hall–Kier alpha value is -3.88. The van der Waals surface area contributed by atoms with Crippen molar-refractivity contribution in [1.29, 1.82) is 0 Å². The molecule has 2 aliphatic heterocycles. The number of nitrogens with one attached hydrogen (secondary N) is 1. The Morgan fingerprint density at radius 1 is 1.16 bits per heavy atom. The summed E-state index contributed by atoms with van der Waals surface area (Å²) in [6.45, 7) is 2.66. The molecule has 1 spiro atoms. The molecule has 0 saturated carbocycles. The number of anilines is 2. The van der Waals surface area contributed by atoms with Gasteiger partial charge in [-0.25, -0.2) is 4.57 Å². The second-order valence-electron chi connectivity index (χ2n) is 9.99. The molecule has 1 aromatic heterocycles. The number of nitrogens with zero attached hydrogens (tertiary/aromatic N) is 3. The minimum atomic E-state index is -4.89. The monoisotopic (exact) mass is 622 g/mol. The van der Waals surface area contributed by atoms with Crippen molar-refractivity contribution in [2.24, 2.45) is 0 Å². The van der Waals surface area contributed by atoms with Crippen molar-refractivity contribution >= 4 is 31.0 Å². The highest BCUT2D eigenvalue weighted by atomic mass is 31.2. The van der Waals surface area contributed by atoms with Crippen LogP contribution in [0.2, 0.25) is 0 Å². The summed E-state index contributed by atoms with van der Waals surface area (Å²) >= 11 is 0. The minimum absolute atomic E-state index is 0.124. The van der Waals surface area contributed by atoms with Gasteiger partial charge in [0.1, 0.15) is 11.4 Å². The van der Waals surface area contributed by atoms with Crippen LogP contribution in [0, 0.1) is 6.92 Å². The fourth-order valence-electron chi connectivity index (χ4n) is 4.77. The second-order valence-corrected chi connectivity index (χ2v) is 11.5. The third-order valence-corrected chi connectivity index (χ3v) is 7.87. The van der Waals surface area contributed by atoms with Crippen LogP contribution >= 0.6 is 7.82 Å². The van der Waals surface area contributed by atoms with Crippen molar-refractivity contribution in [3.63, 3.8) is 0 Å². The summed E-state index contributed by atoms with van der Waals surface area (Å²) in [5, 5.41) is 9.89. The van der Waals surface area contributed by atoms with E-state index in [2.05, 4.69) is 20.0 Å². The van der Waals surface area contributed by atoms with Crippen molar-refractivity contribution in [1.82, 2.24) is 10.2 Å². The van der Waals surface area contributed by atoms with Crippen LogP contribution in [0.4, 0.5) is 24.5 Å². The fraction of sp³-hybridized carbons (Fsp3) is 0.333. The number of carbonyl (C=O) groups is 2. The molecule has 16 heteroatoms. The first-order valence-corrected chi connectivity index (χ1v) is 14.4. The number of aromatic nitrogens is 2. The van der Waals surface area contributed by atoms with E-state index < -0.39 is 36.8 Å². The van der Waals surface area contributed by atoms with Gasteiger partial charge < -0.3 is 19.7 Å². The summed E-state index contributed by atoms with van der Waals surface area (Å²) in [4.78, 5) is 36.0. The summed E-state index contributed by atoms with van der Waals surface area (Å²) in [6.07, 6.45) is -3.20. The van der Waals surface area contributed by atoms with Crippen molar-refractivity contribution in [2.45, 2.75) is 38.0 Å². The maximum absolute atomic E-state index is 13.4. The number of hydrogen-bond acceptors (Lipinski definition) is 9. The number of amides is 2. The van der Waals surface area contributed by atoms with E-state index in [0.29, 0.717) is 71.5 Å². The number of rotatable bonds is 6. The smallest absolute Gasteiger partial charge is 0.484 e. The Bertz CT molecular complexity index is 1610. The Morgan fingerprint density at radius 3 is 2.60 bits per heavy atom. The molecule has 3 heterocycles. The highest BCUT2D eigenvalue weighted by Crippen LogP contribution is 2.46. The summed E-state index contributed by atoms with van der Waals surface area (Å²) in [7, 11) is -4.04. The molecule has 2 N–H and O–H groups in total. The molecule has 2 aromatic carbocycles. The van der Waals surface area contributed by atoms with Crippen molar-refractivity contribution in [3.05, 3.63) is 65.5 Å². The SMILES string of the molecule is COP(=O)(O)ON(C(=O)c1cc(C(F)(F)F)cnn1)c1ccc(C)c(-c2ccc3c(c2)OC2(CCOCC2)CC(=O)N3)c1. The van der Waals surface area contributed by atoms with Crippen molar-refractivity contribution in [2.75, 3.05) is 30.7 Å². The summed E-state index contributed by atoms with van der Waals surface area (Å²) in [5.74, 6) is -1.09. The summed E-state index contributed by atoms with van der Waals surface area (Å²) in [6, 6.07) is 9.90. The molecule has 2 amide bonds. The van der Waals surface area contributed by atoms with E-state index in [-0.39, 0.29) is 18.0 Å². The first-order chi connectivity index (χ1) is 20.3. The predicted molar refractivity (Wildman–Crippen MR) is 145 cm³/mol. The molecule has 1 saturated heterocycles. The summed E-state index contributed by atoms with van der Waals surface area (Å²) < 4.78 is 73.5. The number of aryl methyl sites for hydroxylation is 1. The molecule has 0 radical (unpaired) electrons. The van der Waals surface area contributed by atoms with Gasteiger partial charge in [-0.05, 0) is 53.9 Å². The van der Waals surface area contributed by atoms with E-state index in [1.807, 2.05) is 0 Å². The largest absolute Gasteiger partial charge is 0.494 e. The molecule has 43 heavy (non-hydrogen) atoms. The van der Waals surface area contributed by atoms with Gasteiger partial charge in [-0.15, -0.1) is 5.10 Å². The predicted octanol–water partition coefficient (Wildman–Crippen LogP) is 5.07. The second kappa shape index (κ2) is 11.7. The van der Waals surface area contributed by atoms with Crippen molar-refractivity contribution < 1.29 is 50.8 Å². The third kappa shape index (κ3) is 6.71. The molecule has 0 bridgehead atoms. The molecular weight excluding hydrogens is 596 g/mol. The van der Waals surface area contributed by atoms with E-state index in [1.165, 1.54) is 12.1 Å². The lowest BCUT2D eigenvalue weighted by atomic mass is 9.90. The number of fused-ring (bicyclic) bond motifs is 1. The molecule has 0 aliphatic carbocycles. The quantitative estimate of drug-likeness (QED) is 0.282. The molecule has 2 aliphatic rings. The average molecular weight is 622 g/mol. The van der Waals surface area contributed by atoms with E-state index in [0.717, 1.165) is 7.11 Å². The van der Waals surface area contributed by atoms with Crippen LogP contribution < -0.4 is 15.1 Å². The van der Waals surface area contributed by atoms with Gasteiger partial charge in [0.25, 0.3) is 0 Å². The molecular formula is C27H26F3N4O8P. The van der Waals surface area contributed by atoms with Gasteiger partial charge >= 0.3 is 19.9 Å². The van der Waals surface area contributed by atoms with Crippen LogP contribution in [0.1, 0.15) is 40.9 Å². The van der Waals surface area contributed by atoms with Crippen molar-refractivity contribution in [3.8, 4) is 16.9 Å². The Morgan fingerprint density at radius 2 is 1.91 bits per heavy atom. The average Bonchev–Trinajstić information content (AvgIpc) is 3.10. The van der Waals surface area contributed by atoms with E-state index in [4.69, 9.17) is 14.1 Å². The number of alkyl halides is 3. The third-order valence-electron chi connectivity index (χ3n) is 7.04. The van der Waals surface area contributed by atoms with E-state index >= 15 is 0 Å². The Balaban J connectivity index is 1.55. The lowest BCUT2D eigenvalue weighted by Gasteiger charge is -2.35. The molecule has 12 nitrogen and oxygen atoms in total. The number of carbonyl (C=O) groups excluding carboxylic acids is 2. The number of halogens is 3. The van der Waals surface area contributed by atoms with Gasteiger partial charge in [-0.3, -0.25) is 14.1 Å². The number of hydroxylamine groups is 1. The molecule has 1 fully saturated rings. The van der Waals surface area contributed by atoms with Crippen LogP contribution in [0.3, 0.4) is 0 Å². The minimum Gasteiger partial charge on any atom is -0.484 e. The lowest BCUT2D eigenvalue weighted by Crippen LogP contribution is -2.43. The van der Waals surface area contributed by atoms with Gasteiger partial charge in [0, 0.05) is 20.0 Å². The highest BCUT2D eigenvalue weighted by molar-refractivity contribution is 7.47. The number of hydrogen-bond donors (Lipinski definition) is 2. The molecule has 5 rings (SSSR count). The number of benzene rings is 2. The summed E-state index contributed by atoms with van der Waals surface area (Å²) in [5.41, 5.74) is -0.653. The highest BCUT2D eigenvalue weighted by Gasteiger charge is 2.40. The first-order valence-electron chi connectivity index (χ1n) is 12.9. The van der Waals surface area contributed by atoms with Gasteiger partial charge in [0.2, 0.25) is 5.91 Å². The molecule has 228 valence electrons. The standard InChI is InChI=1S/C27H26F3N4O8P/c1-16-3-5-19(34(42-43(37,38)39-2)25(36)22-12-18(15-31-33-22)27(28,29)30)13-20(16)17-4-6-21-23(11-17)41-26(14-24(35)32-21)7-9-40-10-8-26/h3-6,11-13,15H,7-10,14H2,1-2H3,(H,32,35)(H,37,38). The number of ether oxygens (including phenoxy) is 2. The van der Waals surface area contributed by atoms with Gasteiger partial charge in [-0.1, -0.05) is 12.1 Å². The fourth-order valence-corrected chi connectivity index (χ4v) is 5.21. The van der Waals surface area contributed by atoms with Crippen LogP contribution in [0.25, 0.3) is 11.1 Å². The lowest BCUT2D eigenvalue weighted by molar-refractivity contribution is -0.138.